The van der Waals surface area contributed by atoms with E-state index < -0.39 is 10.5 Å². The number of amides is 3. The number of carbonyl (C=O) groups is 2. The van der Waals surface area contributed by atoms with Gasteiger partial charge in [-0.05, 0) is 43.0 Å². The number of nitrogens with zero attached hydrogens (tertiary/aromatic N) is 2. The predicted molar refractivity (Wildman–Crippen MR) is 106 cm³/mol. The molecule has 0 bridgehead atoms. The first-order chi connectivity index (χ1) is 11.9. The Morgan fingerprint density at radius 3 is 2.76 bits per heavy atom. The van der Waals surface area contributed by atoms with Gasteiger partial charge in [0.25, 0.3) is 4.32 Å². The molecule has 2 aliphatic heterocycles. The summed E-state index contributed by atoms with van der Waals surface area (Å²) >= 11 is 8.15. The SMILES string of the molecule is CCN1C(=C2SC(=S)[N+](C)(C(=O)NCCN)C2=O)Sc2ccccc21. The lowest BCUT2D eigenvalue weighted by atomic mass is 10.3. The van der Waals surface area contributed by atoms with Gasteiger partial charge in [0.1, 0.15) is 5.03 Å². The number of likely N-dealkylation sites (N-methyl/N-ethyl adjacent to an activating group) is 1. The topological polar surface area (TPSA) is 75.4 Å². The van der Waals surface area contributed by atoms with Gasteiger partial charge in [0.2, 0.25) is 0 Å². The van der Waals surface area contributed by atoms with Crippen molar-refractivity contribution in [3.05, 3.63) is 34.2 Å². The van der Waals surface area contributed by atoms with Crippen molar-refractivity contribution < 1.29 is 14.1 Å². The number of urea groups is 1. The molecule has 2 aliphatic rings. The van der Waals surface area contributed by atoms with Crippen LogP contribution in [-0.4, -0.2) is 47.4 Å². The fraction of sp³-hybridized carbons (Fsp3) is 0.312. The third-order valence-corrected chi connectivity index (χ3v) is 7.14. The maximum atomic E-state index is 13.1. The summed E-state index contributed by atoms with van der Waals surface area (Å²) in [5.74, 6) is -0.293. The number of quaternary nitrogens is 1. The number of hydrogen-bond donors (Lipinski definition) is 2. The molecule has 0 spiro atoms. The van der Waals surface area contributed by atoms with E-state index in [1.54, 1.807) is 18.8 Å². The van der Waals surface area contributed by atoms with Gasteiger partial charge in [0, 0.05) is 24.5 Å². The first kappa shape index (κ1) is 18.4. The Hall–Kier alpha value is -1.39. The van der Waals surface area contributed by atoms with Gasteiger partial charge in [-0.1, -0.05) is 23.9 Å². The van der Waals surface area contributed by atoms with Crippen LogP contribution >= 0.6 is 35.7 Å². The lowest BCUT2D eigenvalue weighted by Gasteiger charge is -2.22. The van der Waals surface area contributed by atoms with Gasteiger partial charge in [-0.15, -0.1) is 4.48 Å². The van der Waals surface area contributed by atoms with Gasteiger partial charge in [0.15, 0.2) is 4.91 Å². The molecule has 2 heterocycles. The summed E-state index contributed by atoms with van der Waals surface area (Å²) in [6, 6.07) is 7.57. The molecule has 0 aliphatic carbocycles. The van der Waals surface area contributed by atoms with Crippen molar-refractivity contribution in [1.82, 2.24) is 5.32 Å². The van der Waals surface area contributed by atoms with Crippen LogP contribution in [0, 0.1) is 0 Å². The van der Waals surface area contributed by atoms with E-state index in [1.165, 1.54) is 11.8 Å². The van der Waals surface area contributed by atoms with E-state index in [0.717, 1.165) is 22.2 Å². The van der Waals surface area contributed by atoms with Crippen LogP contribution in [0.25, 0.3) is 0 Å². The van der Waals surface area contributed by atoms with Gasteiger partial charge in [-0.2, -0.15) is 0 Å². The lowest BCUT2D eigenvalue weighted by Crippen LogP contribution is -2.57. The summed E-state index contributed by atoms with van der Waals surface area (Å²) in [6.07, 6.45) is 0. The molecular formula is C16H19N4O2S3+. The minimum atomic E-state index is -0.548. The fourth-order valence-electron chi connectivity index (χ4n) is 2.67. The van der Waals surface area contributed by atoms with Crippen LogP contribution in [0.5, 0.6) is 0 Å². The Morgan fingerprint density at radius 2 is 2.08 bits per heavy atom. The number of fused-ring (bicyclic) bond motifs is 1. The van der Waals surface area contributed by atoms with E-state index in [1.807, 2.05) is 31.2 Å². The highest BCUT2D eigenvalue weighted by atomic mass is 32.2. The van der Waals surface area contributed by atoms with Crippen molar-refractivity contribution >= 4 is 57.7 Å². The second kappa shape index (κ2) is 7.08. The fourth-order valence-corrected chi connectivity index (χ4v) is 5.49. The number of benzene rings is 1. The standard InChI is InChI=1S/C16H18N4O2S3/c1-3-19-10-6-4-5-7-11(10)24-13(19)12-14(21)20(2,16(23)25-12)15(22)18-9-8-17/h4-7H,3,8-9,17H2,1-2H3/p+1. The van der Waals surface area contributed by atoms with Crippen LogP contribution < -0.4 is 16.0 Å². The van der Waals surface area contributed by atoms with Crippen LogP contribution in [0.4, 0.5) is 10.5 Å². The smallest absolute Gasteiger partial charge is 0.334 e. The van der Waals surface area contributed by atoms with Crippen molar-refractivity contribution in [2.24, 2.45) is 5.73 Å². The molecule has 1 saturated heterocycles. The zero-order chi connectivity index (χ0) is 18.2. The molecule has 1 unspecified atom stereocenters. The highest BCUT2D eigenvalue weighted by Crippen LogP contribution is 2.51. The monoisotopic (exact) mass is 395 g/mol. The molecule has 3 amide bonds. The van der Waals surface area contributed by atoms with Crippen molar-refractivity contribution in [3.8, 4) is 0 Å². The van der Waals surface area contributed by atoms with E-state index >= 15 is 0 Å². The Balaban J connectivity index is 2.00. The first-order valence-corrected chi connectivity index (χ1v) is 9.90. The van der Waals surface area contributed by atoms with Gasteiger partial charge in [-0.3, -0.25) is 0 Å². The van der Waals surface area contributed by atoms with E-state index in [0.29, 0.717) is 22.3 Å². The summed E-state index contributed by atoms with van der Waals surface area (Å²) in [5, 5.41) is 3.51. The zero-order valence-electron chi connectivity index (χ0n) is 13.9. The van der Waals surface area contributed by atoms with Gasteiger partial charge in [-0.25, -0.2) is 9.59 Å². The predicted octanol–water partition coefficient (Wildman–Crippen LogP) is 2.46. The maximum Gasteiger partial charge on any atom is 0.430 e. The van der Waals surface area contributed by atoms with Crippen LogP contribution in [0.2, 0.25) is 0 Å². The highest BCUT2D eigenvalue weighted by molar-refractivity contribution is 8.26. The summed E-state index contributed by atoms with van der Waals surface area (Å²) in [4.78, 5) is 29.4. The number of nitrogens with two attached hydrogens (primary N) is 1. The summed E-state index contributed by atoms with van der Waals surface area (Å²) in [6.45, 7) is 3.38. The first-order valence-electron chi connectivity index (χ1n) is 7.86. The van der Waals surface area contributed by atoms with Crippen molar-refractivity contribution in [2.45, 2.75) is 11.8 Å². The van der Waals surface area contributed by atoms with Gasteiger partial charge in [0.05, 0.1) is 12.7 Å². The largest absolute Gasteiger partial charge is 0.430 e. The highest BCUT2D eigenvalue weighted by Gasteiger charge is 2.56. The second-order valence-corrected chi connectivity index (χ2v) is 8.32. The number of thiocarbonyl (C=S) groups is 1. The molecule has 0 aromatic heterocycles. The number of nitrogens with one attached hydrogen (secondary N) is 1. The molecule has 1 fully saturated rings. The number of para-hydroxylation sites is 1. The van der Waals surface area contributed by atoms with E-state index in [4.69, 9.17) is 18.0 Å². The van der Waals surface area contributed by atoms with Crippen LogP contribution in [0.15, 0.2) is 39.1 Å². The van der Waals surface area contributed by atoms with E-state index in [2.05, 4.69) is 10.2 Å². The molecule has 0 radical (unpaired) electrons. The molecule has 132 valence electrons. The Morgan fingerprint density at radius 1 is 1.36 bits per heavy atom. The Bertz CT molecular complexity index is 795. The lowest BCUT2D eigenvalue weighted by molar-refractivity contribution is -0.641. The summed E-state index contributed by atoms with van der Waals surface area (Å²) in [5.41, 5.74) is 6.51. The number of rotatable bonds is 3. The van der Waals surface area contributed by atoms with Crippen molar-refractivity contribution in [3.63, 3.8) is 0 Å². The minimum absolute atomic E-state index is 0.293. The quantitative estimate of drug-likeness (QED) is 0.463. The van der Waals surface area contributed by atoms with Gasteiger partial charge >= 0.3 is 11.9 Å². The molecule has 9 heteroatoms. The third kappa shape index (κ3) is 2.89. The number of imide groups is 1. The molecule has 1 aromatic rings. The molecule has 3 N–H and O–H groups in total. The molecule has 0 saturated carbocycles. The molecule has 1 atom stereocenters. The molecule has 1 aromatic carbocycles. The minimum Gasteiger partial charge on any atom is -0.334 e. The van der Waals surface area contributed by atoms with Gasteiger partial charge < -0.3 is 16.0 Å². The molecule has 25 heavy (non-hydrogen) atoms. The zero-order valence-corrected chi connectivity index (χ0v) is 16.4. The van der Waals surface area contributed by atoms with Crippen molar-refractivity contribution in [2.75, 3.05) is 31.6 Å². The molecular weight excluding hydrogens is 376 g/mol. The Labute approximate surface area is 160 Å². The average Bonchev–Trinajstić information content (AvgIpc) is 3.10. The van der Waals surface area contributed by atoms with Crippen molar-refractivity contribution in [1.29, 1.82) is 0 Å². The van der Waals surface area contributed by atoms with E-state index in [-0.39, 0.29) is 5.91 Å². The number of carbonyl (C=O) groups excluding carboxylic acids is 2. The number of anilines is 1. The van der Waals surface area contributed by atoms with Crippen LogP contribution in [0.1, 0.15) is 6.92 Å². The summed E-state index contributed by atoms with van der Waals surface area (Å²) in [7, 11) is 1.54. The van der Waals surface area contributed by atoms with Crippen LogP contribution in [0.3, 0.4) is 0 Å². The van der Waals surface area contributed by atoms with E-state index in [9.17, 15) is 9.59 Å². The Kier molecular flexibility index (Phi) is 5.21. The number of thioether (sulfide) groups is 2. The number of hydrogen-bond acceptors (Lipinski definition) is 7. The third-order valence-electron chi connectivity index (χ3n) is 4.10. The molecule has 6 nitrogen and oxygen atoms in total. The van der Waals surface area contributed by atoms with Crippen LogP contribution in [-0.2, 0) is 4.79 Å². The normalized spacial score (nSPS) is 25.5. The second-order valence-electron chi connectivity index (χ2n) is 5.65. The molecule has 3 rings (SSSR count). The average molecular weight is 396 g/mol. The maximum absolute atomic E-state index is 13.1. The summed E-state index contributed by atoms with van der Waals surface area (Å²) < 4.78 is -0.220.